The number of aryl methyl sites for hydroxylation is 1. The molecule has 1 aliphatic rings. The molecule has 0 spiro atoms. The van der Waals surface area contributed by atoms with Gasteiger partial charge in [-0.05, 0) is 50.2 Å². The molecule has 0 saturated carbocycles. The Morgan fingerprint density at radius 3 is 2.66 bits per heavy atom. The number of H-pyrrole nitrogens is 1. The summed E-state index contributed by atoms with van der Waals surface area (Å²) in [5.41, 5.74) is 2.43. The maximum absolute atomic E-state index is 15.2. The van der Waals surface area contributed by atoms with Gasteiger partial charge in [0.15, 0.2) is 23.2 Å². The first-order chi connectivity index (χ1) is 18.3. The van der Waals surface area contributed by atoms with Crippen molar-refractivity contribution in [2.75, 3.05) is 50.5 Å². The Hall–Kier alpha value is -4.25. The van der Waals surface area contributed by atoms with E-state index in [4.69, 9.17) is 4.74 Å². The minimum absolute atomic E-state index is 0.00896. The van der Waals surface area contributed by atoms with Gasteiger partial charge in [0.25, 0.3) is 5.91 Å². The van der Waals surface area contributed by atoms with E-state index in [1.165, 1.54) is 17.3 Å². The summed E-state index contributed by atoms with van der Waals surface area (Å²) in [6.45, 7) is 5.53. The highest BCUT2D eigenvalue weighted by molar-refractivity contribution is 6.01. The van der Waals surface area contributed by atoms with Crippen molar-refractivity contribution in [2.45, 2.75) is 13.3 Å². The molecule has 3 heterocycles. The zero-order chi connectivity index (χ0) is 26.8. The largest absolute Gasteiger partial charge is 0.435 e. The van der Waals surface area contributed by atoms with Crippen molar-refractivity contribution in [3.8, 4) is 11.6 Å². The minimum atomic E-state index is -0.763. The van der Waals surface area contributed by atoms with Crippen molar-refractivity contribution in [2.24, 2.45) is 0 Å². The monoisotopic (exact) mass is 521 g/mol. The quantitative estimate of drug-likeness (QED) is 0.342. The van der Waals surface area contributed by atoms with Crippen LogP contribution >= 0.6 is 0 Å². The topological polar surface area (TPSA) is 98.4 Å². The van der Waals surface area contributed by atoms with Crippen LogP contribution in [0.25, 0.3) is 10.9 Å². The van der Waals surface area contributed by atoms with Crippen LogP contribution in [-0.2, 0) is 0 Å². The molecule has 1 amide bonds. The number of fused-ring (bicyclic) bond motifs is 1. The first-order valence-electron chi connectivity index (χ1n) is 12.4. The molecule has 5 rings (SSSR count). The van der Waals surface area contributed by atoms with Crippen LogP contribution in [0.4, 0.5) is 26.0 Å². The molecular weight excluding hydrogens is 492 g/mol. The second-order valence-electron chi connectivity index (χ2n) is 9.38. The Balaban J connectivity index is 1.47. The molecule has 0 unspecified atom stereocenters. The maximum atomic E-state index is 15.2. The van der Waals surface area contributed by atoms with Crippen molar-refractivity contribution in [1.82, 2.24) is 25.2 Å². The number of rotatable bonds is 6. The van der Waals surface area contributed by atoms with Gasteiger partial charge in [0.05, 0.1) is 5.52 Å². The predicted octanol–water partition coefficient (Wildman–Crippen LogP) is 4.58. The number of nitrogens with one attached hydrogen (secondary N) is 3. The first kappa shape index (κ1) is 25.4. The molecule has 2 aromatic heterocycles. The van der Waals surface area contributed by atoms with Crippen LogP contribution in [-0.4, -0.2) is 66.0 Å². The van der Waals surface area contributed by atoms with E-state index in [2.05, 4.69) is 30.5 Å². The number of carbonyl (C=O) groups is 1. The average Bonchev–Trinajstić information content (AvgIpc) is 3.11. The predicted molar refractivity (Wildman–Crippen MR) is 142 cm³/mol. The number of nitrogens with zero attached hydrogens (tertiary/aromatic N) is 4. The third-order valence-electron chi connectivity index (χ3n) is 6.38. The van der Waals surface area contributed by atoms with Crippen LogP contribution in [0.3, 0.4) is 0 Å². The van der Waals surface area contributed by atoms with Crippen molar-refractivity contribution < 1.29 is 18.3 Å². The Morgan fingerprint density at radius 1 is 1.11 bits per heavy atom. The Labute approximate surface area is 218 Å². The zero-order valence-electron chi connectivity index (χ0n) is 21.4. The van der Waals surface area contributed by atoms with Gasteiger partial charge in [-0.2, -0.15) is 0 Å². The smallest absolute Gasteiger partial charge is 0.262 e. The molecule has 9 nitrogen and oxygen atoms in total. The van der Waals surface area contributed by atoms with Crippen molar-refractivity contribution >= 4 is 34.0 Å². The molecule has 4 aromatic rings. The second-order valence-corrected chi connectivity index (χ2v) is 9.38. The molecule has 1 fully saturated rings. The molecule has 2 aromatic carbocycles. The van der Waals surface area contributed by atoms with Gasteiger partial charge < -0.3 is 30.2 Å². The van der Waals surface area contributed by atoms with Gasteiger partial charge in [-0.25, -0.2) is 18.7 Å². The van der Waals surface area contributed by atoms with E-state index < -0.39 is 17.5 Å². The fraction of sp³-hybridized carbons (Fsp3) is 0.296. The van der Waals surface area contributed by atoms with Gasteiger partial charge in [-0.1, -0.05) is 0 Å². The highest BCUT2D eigenvalue weighted by atomic mass is 19.1. The summed E-state index contributed by atoms with van der Waals surface area (Å²) in [6, 6.07) is 10.2. The molecule has 11 heteroatoms. The van der Waals surface area contributed by atoms with Gasteiger partial charge in [-0.15, -0.1) is 0 Å². The molecule has 0 bridgehead atoms. The van der Waals surface area contributed by atoms with Crippen LogP contribution < -0.4 is 20.3 Å². The summed E-state index contributed by atoms with van der Waals surface area (Å²) < 4.78 is 35.6. The highest BCUT2D eigenvalue weighted by Crippen LogP contribution is 2.35. The van der Waals surface area contributed by atoms with E-state index in [1.54, 1.807) is 21.0 Å². The molecule has 0 radical (unpaired) electrons. The molecule has 0 atom stereocenters. The molecule has 3 N–H and O–H groups in total. The number of anilines is 3. The van der Waals surface area contributed by atoms with Crippen LogP contribution in [0.15, 0.2) is 42.7 Å². The fourth-order valence-electron chi connectivity index (χ4n) is 4.47. The normalized spacial score (nSPS) is 13.9. The van der Waals surface area contributed by atoms with Crippen LogP contribution in [0.2, 0.25) is 0 Å². The number of benzene rings is 2. The molecule has 1 saturated heterocycles. The summed E-state index contributed by atoms with van der Waals surface area (Å²) in [5, 5.41) is 6.59. The first-order valence-corrected chi connectivity index (χ1v) is 12.4. The summed E-state index contributed by atoms with van der Waals surface area (Å²) in [6.07, 6.45) is 2.27. The molecular formula is C27H29F2N7O2. The zero-order valence-corrected chi connectivity index (χ0v) is 21.4. The summed E-state index contributed by atoms with van der Waals surface area (Å²) in [5.74, 6) is -2.31. The van der Waals surface area contributed by atoms with Gasteiger partial charge in [0, 0.05) is 62.3 Å². The number of halogens is 2. The van der Waals surface area contributed by atoms with E-state index in [-0.39, 0.29) is 33.9 Å². The number of hydrogen-bond donors (Lipinski definition) is 3. The van der Waals surface area contributed by atoms with Gasteiger partial charge in [-0.3, -0.25) is 4.79 Å². The Morgan fingerprint density at radius 2 is 1.89 bits per heavy atom. The molecule has 198 valence electrons. The average molecular weight is 522 g/mol. The fourth-order valence-corrected chi connectivity index (χ4v) is 4.47. The Kier molecular flexibility index (Phi) is 7.10. The number of ether oxygens (including phenoxy) is 1. The van der Waals surface area contributed by atoms with E-state index in [0.717, 1.165) is 44.4 Å². The lowest BCUT2D eigenvalue weighted by Gasteiger charge is -2.22. The van der Waals surface area contributed by atoms with E-state index in [0.29, 0.717) is 11.4 Å². The maximum Gasteiger partial charge on any atom is 0.262 e. The SMILES string of the molecule is Cc1cc2c(F)c(Oc3ncnc(Nc4ccc(N5CCCNCC5)cc4)c3C(=O)N(C)C)cc(F)c2[nH]1. The summed E-state index contributed by atoms with van der Waals surface area (Å²) in [7, 11) is 3.14. The van der Waals surface area contributed by atoms with Gasteiger partial charge in [0.1, 0.15) is 11.9 Å². The van der Waals surface area contributed by atoms with Crippen LogP contribution in [0, 0.1) is 18.6 Å². The molecule has 0 aliphatic carbocycles. The lowest BCUT2D eigenvalue weighted by atomic mass is 10.2. The van der Waals surface area contributed by atoms with Crippen molar-refractivity contribution in [3.05, 3.63) is 65.6 Å². The minimum Gasteiger partial charge on any atom is -0.435 e. The van der Waals surface area contributed by atoms with Gasteiger partial charge >= 0.3 is 0 Å². The number of amides is 1. The number of aromatic amines is 1. The Bertz CT molecular complexity index is 1460. The van der Waals surface area contributed by atoms with Gasteiger partial charge in [0.2, 0.25) is 5.88 Å². The number of carbonyl (C=O) groups excluding carboxylic acids is 1. The van der Waals surface area contributed by atoms with Crippen molar-refractivity contribution in [1.29, 1.82) is 0 Å². The van der Waals surface area contributed by atoms with E-state index >= 15 is 4.39 Å². The van der Waals surface area contributed by atoms with Crippen molar-refractivity contribution in [3.63, 3.8) is 0 Å². The lowest BCUT2D eigenvalue weighted by molar-refractivity contribution is 0.0825. The third-order valence-corrected chi connectivity index (χ3v) is 6.38. The van der Waals surface area contributed by atoms with Crippen LogP contribution in [0.5, 0.6) is 11.6 Å². The summed E-state index contributed by atoms with van der Waals surface area (Å²) in [4.78, 5) is 28.0. The standard InChI is InChI=1S/C27H29F2N7O2/c1-16-13-19-23(29)21(14-20(28)24(19)33-16)38-26-22(27(37)35(2)3)25(31-15-32-26)34-17-5-7-18(8-6-17)36-11-4-9-30-10-12-36/h5-8,13-15,30,33H,4,9-12H2,1-3H3,(H,31,32,34). The lowest BCUT2D eigenvalue weighted by Crippen LogP contribution is -2.27. The molecule has 38 heavy (non-hydrogen) atoms. The number of hydrogen-bond acceptors (Lipinski definition) is 7. The molecule has 1 aliphatic heterocycles. The highest BCUT2D eigenvalue weighted by Gasteiger charge is 2.25. The van der Waals surface area contributed by atoms with Crippen LogP contribution in [0.1, 0.15) is 22.5 Å². The summed E-state index contributed by atoms with van der Waals surface area (Å²) >= 11 is 0. The van der Waals surface area contributed by atoms with E-state index in [9.17, 15) is 9.18 Å². The van der Waals surface area contributed by atoms with E-state index in [1.807, 2.05) is 24.3 Å². The number of aromatic nitrogens is 3. The second kappa shape index (κ2) is 10.6. The third kappa shape index (κ3) is 5.10.